The number of carbonyl (C=O) groups is 1. The summed E-state index contributed by atoms with van der Waals surface area (Å²) in [5.74, 6) is -1.17. The minimum atomic E-state index is -4.06. The fourth-order valence-electron chi connectivity index (χ4n) is 1.52. The summed E-state index contributed by atoms with van der Waals surface area (Å²) in [7, 11) is -4.06. The van der Waals surface area contributed by atoms with Gasteiger partial charge in [-0.1, -0.05) is 12.1 Å². The zero-order chi connectivity index (χ0) is 15.6. The van der Waals surface area contributed by atoms with E-state index in [9.17, 15) is 23.3 Å². The van der Waals surface area contributed by atoms with Crippen molar-refractivity contribution in [2.75, 3.05) is 5.32 Å². The van der Waals surface area contributed by atoms with E-state index in [1.807, 2.05) is 0 Å². The third-order valence-corrected chi connectivity index (χ3v) is 3.21. The molecule has 9 nitrogen and oxygen atoms in total. The maximum absolute atomic E-state index is 11.9. The van der Waals surface area contributed by atoms with Crippen molar-refractivity contribution in [1.29, 1.82) is 0 Å². The second-order valence-electron chi connectivity index (χ2n) is 3.89. The number of nitro groups is 1. The lowest BCUT2D eigenvalue weighted by Crippen LogP contribution is -2.13. The third-order valence-electron chi connectivity index (χ3n) is 2.43. The van der Waals surface area contributed by atoms with Gasteiger partial charge in [-0.2, -0.15) is 0 Å². The predicted octanol–water partition coefficient (Wildman–Crippen LogP) is 1.09. The van der Waals surface area contributed by atoms with Crippen LogP contribution in [0.1, 0.15) is 10.6 Å². The lowest BCUT2D eigenvalue weighted by atomic mass is 10.2. The molecule has 0 aliphatic carbocycles. The summed E-state index contributed by atoms with van der Waals surface area (Å²) in [4.78, 5) is 22.0. The van der Waals surface area contributed by atoms with Crippen molar-refractivity contribution in [3.63, 3.8) is 0 Å². The lowest BCUT2D eigenvalue weighted by molar-refractivity contribution is -0.383. The lowest BCUT2D eigenvalue weighted by Gasteiger charge is -2.03. The summed E-state index contributed by atoms with van der Waals surface area (Å²) < 4.78 is 26.9. The maximum atomic E-state index is 11.9. The van der Waals surface area contributed by atoms with Crippen LogP contribution >= 0.6 is 0 Å². The number of anilines is 1. The minimum absolute atomic E-state index is 0.0407. The van der Waals surface area contributed by atoms with Crippen LogP contribution in [0.15, 0.2) is 45.9 Å². The molecule has 0 fully saturated rings. The Morgan fingerprint density at radius 3 is 2.48 bits per heavy atom. The molecular weight excluding hydrogens is 302 g/mol. The number of amides is 1. The van der Waals surface area contributed by atoms with Crippen molar-refractivity contribution in [3.8, 4) is 0 Å². The molecule has 0 aliphatic rings. The number of hydrogen-bond donors (Lipinski definition) is 2. The summed E-state index contributed by atoms with van der Waals surface area (Å²) in [6, 6.07) is 7.61. The number of hydrogen-bond acceptors (Lipinski definition) is 6. The molecule has 0 unspecified atom stereocenters. The molecule has 1 aromatic heterocycles. The van der Waals surface area contributed by atoms with E-state index in [-0.39, 0.29) is 17.1 Å². The van der Waals surface area contributed by atoms with Gasteiger partial charge in [0.2, 0.25) is 5.09 Å². The van der Waals surface area contributed by atoms with E-state index in [1.54, 1.807) is 0 Å². The van der Waals surface area contributed by atoms with Gasteiger partial charge in [0.25, 0.3) is 21.6 Å². The summed E-state index contributed by atoms with van der Waals surface area (Å²) in [5.41, 5.74) is -0.342. The molecule has 3 N–H and O–H groups in total. The Labute approximate surface area is 118 Å². The van der Waals surface area contributed by atoms with Crippen molar-refractivity contribution in [3.05, 3.63) is 52.3 Å². The average Bonchev–Trinajstić information content (AvgIpc) is 2.88. The summed E-state index contributed by atoms with van der Waals surface area (Å²) in [5, 5.41) is 17.3. The van der Waals surface area contributed by atoms with Gasteiger partial charge in [-0.05, 0) is 18.2 Å². The van der Waals surface area contributed by atoms with Crippen LogP contribution in [0.5, 0.6) is 0 Å². The second-order valence-corrected chi connectivity index (χ2v) is 5.38. The number of nitro benzene ring substituents is 1. The van der Waals surface area contributed by atoms with Crippen LogP contribution in [-0.4, -0.2) is 19.2 Å². The third kappa shape index (κ3) is 3.24. The van der Waals surface area contributed by atoms with E-state index in [4.69, 9.17) is 9.56 Å². The van der Waals surface area contributed by atoms with Crippen molar-refractivity contribution < 1.29 is 22.6 Å². The highest BCUT2D eigenvalue weighted by Crippen LogP contribution is 2.24. The van der Waals surface area contributed by atoms with E-state index in [1.165, 1.54) is 24.3 Å². The smallest absolute Gasteiger partial charge is 0.292 e. The molecule has 0 aliphatic heterocycles. The minimum Gasteiger partial charge on any atom is -0.438 e. The van der Waals surface area contributed by atoms with Gasteiger partial charge >= 0.3 is 0 Å². The number of nitrogens with one attached hydrogen (secondary N) is 1. The standard InChI is InChI=1S/C11H9N3O6S/c12-21(18,19)10-6-5-9(20-10)11(15)13-7-3-1-2-4-8(7)14(16)17/h1-6H,(H,13,15)(H2,12,18,19). The van der Waals surface area contributed by atoms with Gasteiger partial charge in [0, 0.05) is 6.07 Å². The molecular formula is C11H9N3O6S. The van der Waals surface area contributed by atoms with Gasteiger partial charge in [-0.25, -0.2) is 13.6 Å². The Balaban J connectivity index is 2.27. The fraction of sp³-hybridized carbons (Fsp3) is 0. The monoisotopic (exact) mass is 311 g/mol. The van der Waals surface area contributed by atoms with Gasteiger partial charge in [0.05, 0.1) is 4.92 Å². The van der Waals surface area contributed by atoms with E-state index < -0.39 is 25.9 Å². The number of furan rings is 1. The number of nitrogens with two attached hydrogens (primary N) is 1. The zero-order valence-corrected chi connectivity index (χ0v) is 11.2. The van der Waals surface area contributed by atoms with Gasteiger partial charge in [-0.15, -0.1) is 0 Å². The van der Waals surface area contributed by atoms with E-state index in [2.05, 4.69) is 5.32 Å². The summed E-state index contributed by atoms with van der Waals surface area (Å²) in [6.07, 6.45) is 0. The SMILES string of the molecule is NS(=O)(=O)c1ccc(C(=O)Nc2ccccc2[N+](=O)[O-])o1. The van der Waals surface area contributed by atoms with E-state index >= 15 is 0 Å². The zero-order valence-electron chi connectivity index (χ0n) is 10.3. The van der Waals surface area contributed by atoms with Crippen molar-refractivity contribution >= 4 is 27.3 Å². The van der Waals surface area contributed by atoms with Crippen LogP contribution in [0, 0.1) is 10.1 Å². The largest absolute Gasteiger partial charge is 0.438 e. The number of nitrogens with zero attached hydrogens (tertiary/aromatic N) is 1. The Bertz CT molecular complexity index is 811. The maximum Gasteiger partial charge on any atom is 0.292 e. The Hall–Kier alpha value is -2.72. The molecule has 1 heterocycles. The molecule has 2 aromatic rings. The Kier molecular flexibility index (Phi) is 3.74. The van der Waals surface area contributed by atoms with Gasteiger partial charge < -0.3 is 9.73 Å². The molecule has 0 saturated carbocycles. The van der Waals surface area contributed by atoms with Gasteiger partial charge in [0.15, 0.2) is 5.76 Å². The Morgan fingerprint density at radius 1 is 1.24 bits per heavy atom. The molecule has 0 atom stereocenters. The number of sulfonamides is 1. The molecule has 110 valence electrons. The molecule has 1 aromatic carbocycles. The number of rotatable bonds is 4. The average molecular weight is 311 g/mol. The van der Waals surface area contributed by atoms with Crippen LogP contribution in [-0.2, 0) is 10.0 Å². The van der Waals surface area contributed by atoms with Crippen LogP contribution in [0.3, 0.4) is 0 Å². The van der Waals surface area contributed by atoms with Gasteiger partial charge in [-0.3, -0.25) is 14.9 Å². The molecule has 1 amide bonds. The number of carbonyl (C=O) groups excluding carboxylic acids is 1. The van der Waals surface area contributed by atoms with Crippen LogP contribution in [0.25, 0.3) is 0 Å². The summed E-state index contributed by atoms with van der Waals surface area (Å²) >= 11 is 0. The van der Waals surface area contributed by atoms with Crippen LogP contribution in [0.2, 0.25) is 0 Å². The topological polar surface area (TPSA) is 146 Å². The Morgan fingerprint density at radius 2 is 1.90 bits per heavy atom. The van der Waals surface area contributed by atoms with Crippen molar-refractivity contribution in [1.82, 2.24) is 0 Å². The van der Waals surface area contributed by atoms with Gasteiger partial charge in [0.1, 0.15) is 5.69 Å². The molecule has 0 bridgehead atoms. The van der Waals surface area contributed by atoms with Crippen LogP contribution in [0.4, 0.5) is 11.4 Å². The predicted molar refractivity (Wildman–Crippen MR) is 71.1 cm³/mol. The molecule has 21 heavy (non-hydrogen) atoms. The normalized spacial score (nSPS) is 11.1. The van der Waals surface area contributed by atoms with E-state index in [0.29, 0.717) is 0 Å². The highest BCUT2D eigenvalue weighted by molar-refractivity contribution is 7.89. The van der Waals surface area contributed by atoms with Crippen LogP contribution < -0.4 is 10.5 Å². The fourth-order valence-corrected chi connectivity index (χ4v) is 1.98. The molecule has 10 heteroatoms. The first-order valence-corrected chi connectivity index (χ1v) is 7.01. The molecule has 0 saturated heterocycles. The number of para-hydroxylation sites is 2. The molecule has 2 rings (SSSR count). The quantitative estimate of drug-likeness (QED) is 0.638. The summed E-state index contributed by atoms with van der Waals surface area (Å²) in [6.45, 7) is 0. The highest BCUT2D eigenvalue weighted by atomic mass is 32.2. The molecule has 0 radical (unpaired) electrons. The number of primary sulfonamides is 1. The van der Waals surface area contributed by atoms with Crippen molar-refractivity contribution in [2.24, 2.45) is 5.14 Å². The highest BCUT2D eigenvalue weighted by Gasteiger charge is 2.20. The molecule has 0 spiro atoms. The van der Waals surface area contributed by atoms with E-state index in [0.717, 1.165) is 12.1 Å². The first-order valence-electron chi connectivity index (χ1n) is 5.46. The van der Waals surface area contributed by atoms with Crippen molar-refractivity contribution in [2.45, 2.75) is 5.09 Å². The first-order chi connectivity index (χ1) is 9.79. The first kappa shape index (κ1) is 14.7. The second kappa shape index (κ2) is 5.34. The number of benzene rings is 1.